The van der Waals surface area contributed by atoms with Crippen LogP contribution < -0.4 is 5.32 Å². The fourth-order valence-corrected chi connectivity index (χ4v) is 1.57. The number of hydrogen-bond donors (Lipinski definition) is 1. The summed E-state index contributed by atoms with van der Waals surface area (Å²) >= 11 is 0. The zero-order chi connectivity index (χ0) is 12.7. The van der Waals surface area contributed by atoms with Gasteiger partial charge in [-0.25, -0.2) is 0 Å². The van der Waals surface area contributed by atoms with Crippen LogP contribution in [0.2, 0.25) is 0 Å². The van der Waals surface area contributed by atoms with Crippen LogP contribution in [-0.2, 0) is 16.1 Å². The Morgan fingerprint density at radius 3 is 2.76 bits per heavy atom. The van der Waals surface area contributed by atoms with Crippen LogP contribution in [0.15, 0.2) is 24.3 Å². The molecule has 0 aliphatic carbocycles. The Kier molecular flexibility index (Phi) is 5.66. The number of nitrogens with one attached hydrogen (secondary N) is 1. The smallest absolute Gasteiger partial charge is 0.251 e. The molecular formula is C13H19NO3. The van der Waals surface area contributed by atoms with Crippen molar-refractivity contribution < 1.29 is 14.3 Å². The van der Waals surface area contributed by atoms with Crippen molar-refractivity contribution >= 4 is 5.91 Å². The number of benzene rings is 1. The Morgan fingerprint density at radius 1 is 1.35 bits per heavy atom. The summed E-state index contributed by atoms with van der Waals surface area (Å²) in [4.78, 5) is 11.9. The molecule has 0 bridgehead atoms. The highest BCUT2D eigenvalue weighted by molar-refractivity contribution is 5.94. The van der Waals surface area contributed by atoms with Crippen molar-refractivity contribution in [1.82, 2.24) is 5.32 Å². The van der Waals surface area contributed by atoms with E-state index in [0.29, 0.717) is 18.8 Å². The molecule has 0 heterocycles. The number of ether oxygens (including phenoxy) is 2. The first-order valence-corrected chi connectivity index (χ1v) is 5.55. The maximum Gasteiger partial charge on any atom is 0.251 e. The maximum absolute atomic E-state index is 11.9. The van der Waals surface area contributed by atoms with Gasteiger partial charge in [-0.15, -0.1) is 0 Å². The molecule has 1 atom stereocenters. The van der Waals surface area contributed by atoms with Crippen LogP contribution in [0, 0.1) is 0 Å². The molecule has 4 nitrogen and oxygen atoms in total. The van der Waals surface area contributed by atoms with Crippen molar-refractivity contribution in [2.24, 2.45) is 0 Å². The lowest BCUT2D eigenvalue weighted by molar-refractivity contribution is 0.0905. The normalized spacial score (nSPS) is 12.2. The van der Waals surface area contributed by atoms with E-state index in [0.717, 1.165) is 5.56 Å². The Balaban J connectivity index is 2.65. The first-order chi connectivity index (χ1) is 8.17. The third kappa shape index (κ3) is 4.54. The van der Waals surface area contributed by atoms with Gasteiger partial charge in [0, 0.05) is 25.8 Å². The number of hydrogen-bond acceptors (Lipinski definition) is 3. The van der Waals surface area contributed by atoms with E-state index in [1.807, 2.05) is 25.1 Å². The van der Waals surface area contributed by atoms with Gasteiger partial charge in [-0.05, 0) is 24.6 Å². The Labute approximate surface area is 102 Å². The van der Waals surface area contributed by atoms with E-state index < -0.39 is 0 Å². The van der Waals surface area contributed by atoms with Crippen molar-refractivity contribution in [1.29, 1.82) is 0 Å². The van der Waals surface area contributed by atoms with Crippen molar-refractivity contribution in [3.8, 4) is 0 Å². The van der Waals surface area contributed by atoms with E-state index in [1.54, 1.807) is 20.3 Å². The van der Waals surface area contributed by atoms with Crippen LogP contribution in [0.3, 0.4) is 0 Å². The van der Waals surface area contributed by atoms with Crippen LogP contribution >= 0.6 is 0 Å². The molecule has 17 heavy (non-hydrogen) atoms. The highest BCUT2D eigenvalue weighted by atomic mass is 16.5. The average molecular weight is 237 g/mol. The molecule has 0 spiro atoms. The fourth-order valence-electron chi connectivity index (χ4n) is 1.57. The summed E-state index contributed by atoms with van der Waals surface area (Å²) in [7, 11) is 3.25. The van der Waals surface area contributed by atoms with Gasteiger partial charge in [0.1, 0.15) is 0 Å². The molecule has 0 aliphatic rings. The topological polar surface area (TPSA) is 47.6 Å². The molecule has 94 valence electrons. The minimum absolute atomic E-state index is 0.00131. The van der Waals surface area contributed by atoms with Crippen molar-refractivity contribution in [3.63, 3.8) is 0 Å². The summed E-state index contributed by atoms with van der Waals surface area (Å²) < 4.78 is 10.00. The number of rotatable bonds is 6. The van der Waals surface area contributed by atoms with Gasteiger partial charge in [-0.2, -0.15) is 0 Å². The second-order valence-electron chi connectivity index (χ2n) is 3.96. The molecule has 0 saturated heterocycles. The van der Waals surface area contributed by atoms with Crippen molar-refractivity contribution in [2.75, 3.05) is 20.8 Å². The minimum Gasteiger partial charge on any atom is -0.383 e. The average Bonchev–Trinajstić information content (AvgIpc) is 2.30. The quantitative estimate of drug-likeness (QED) is 0.817. The summed E-state index contributed by atoms with van der Waals surface area (Å²) in [5.41, 5.74) is 1.63. The minimum atomic E-state index is -0.0903. The standard InChI is InChI=1S/C13H19NO3/c1-10(8-16-2)14-13(15)12-6-4-5-11(7-12)9-17-3/h4-7,10H,8-9H2,1-3H3,(H,14,15)/t10-/m0/s1. The monoisotopic (exact) mass is 237 g/mol. The summed E-state index contributed by atoms with van der Waals surface area (Å²) in [5.74, 6) is -0.0903. The van der Waals surface area contributed by atoms with Gasteiger partial charge in [0.25, 0.3) is 5.91 Å². The maximum atomic E-state index is 11.9. The SMILES string of the molecule is COCc1cccc(C(=O)N[C@@H](C)COC)c1. The lowest BCUT2D eigenvalue weighted by atomic mass is 10.1. The van der Waals surface area contributed by atoms with Gasteiger partial charge in [0.15, 0.2) is 0 Å². The summed E-state index contributed by atoms with van der Waals surface area (Å²) in [5, 5.41) is 2.86. The molecule has 1 amide bonds. The van der Waals surface area contributed by atoms with Gasteiger partial charge in [0.05, 0.1) is 13.2 Å². The van der Waals surface area contributed by atoms with Crippen LogP contribution in [0.4, 0.5) is 0 Å². The Bertz CT molecular complexity index is 365. The van der Waals surface area contributed by atoms with Gasteiger partial charge in [0.2, 0.25) is 0 Å². The van der Waals surface area contributed by atoms with E-state index in [2.05, 4.69) is 5.32 Å². The van der Waals surface area contributed by atoms with Crippen molar-refractivity contribution in [3.05, 3.63) is 35.4 Å². The van der Waals surface area contributed by atoms with E-state index in [1.165, 1.54) is 0 Å². The molecule has 4 heteroatoms. The van der Waals surface area contributed by atoms with Crippen LogP contribution in [-0.4, -0.2) is 32.8 Å². The number of carbonyl (C=O) groups excluding carboxylic acids is 1. The second kappa shape index (κ2) is 7.04. The lowest BCUT2D eigenvalue weighted by Crippen LogP contribution is -2.35. The predicted molar refractivity (Wildman–Crippen MR) is 66.0 cm³/mol. The fraction of sp³-hybridized carbons (Fsp3) is 0.462. The molecule has 0 unspecified atom stereocenters. The molecular weight excluding hydrogens is 218 g/mol. The van der Waals surface area contributed by atoms with Gasteiger partial charge in [-0.3, -0.25) is 4.79 Å². The number of carbonyl (C=O) groups is 1. The molecule has 1 rings (SSSR count). The first kappa shape index (κ1) is 13.7. The molecule has 1 aromatic carbocycles. The van der Waals surface area contributed by atoms with Gasteiger partial charge in [-0.1, -0.05) is 12.1 Å². The number of methoxy groups -OCH3 is 2. The molecule has 0 fully saturated rings. The predicted octanol–water partition coefficient (Wildman–Crippen LogP) is 1.60. The first-order valence-electron chi connectivity index (χ1n) is 5.55. The third-order valence-corrected chi connectivity index (χ3v) is 2.29. The molecule has 0 saturated carbocycles. The molecule has 0 radical (unpaired) electrons. The molecule has 0 aliphatic heterocycles. The summed E-state index contributed by atoms with van der Waals surface area (Å²) in [6, 6.07) is 7.40. The summed E-state index contributed by atoms with van der Waals surface area (Å²) in [6.45, 7) is 2.92. The van der Waals surface area contributed by atoms with E-state index in [-0.39, 0.29) is 11.9 Å². The van der Waals surface area contributed by atoms with Gasteiger partial charge < -0.3 is 14.8 Å². The van der Waals surface area contributed by atoms with Crippen LogP contribution in [0.25, 0.3) is 0 Å². The van der Waals surface area contributed by atoms with E-state index in [9.17, 15) is 4.79 Å². The lowest BCUT2D eigenvalue weighted by Gasteiger charge is -2.13. The Hall–Kier alpha value is -1.39. The van der Waals surface area contributed by atoms with E-state index >= 15 is 0 Å². The zero-order valence-corrected chi connectivity index (χ0v) is 10.5. The van der Waals surface area contributed by atoms with Gasteiger partial charge >= 0.3 is 0 Å². The summed E-state index contributed by atoms with van der Waals surface area (Å²) in [6.07, 6.45) is 0. The molecule has 1 aromatic rings. The van der Waals surface area contributed by atoms with Crippen LogP contribution in [0.5, 0.6) is 0 Å². The second-order valence-corrected chi connectivity index (χ2v) is 3.96. The van der Waals surface area contributed by atoms with Crippen LogP contribution in [0.1, 0.15) is 22.8 Å². The zero-order valence-electron chi connectivity index (χ0n) is 10.5. The Morgan fingerprint density at radius 2 is 2.12 bits per heavy atom. The number of amides is 1. The third-order valence-electron chi connectivity index (χ3n) is 2.29. The highest BCUT2D eigenvalue weighted by Gasteiger charge is 2.09. The highest BCUT2D eigenvalue weighted by Crippen LogP contribution is 2.06. The van der Waals surface area contributed by atoms with Crippen molar-refractivity contribution in [2.45, 2.75) is 19.6 Å². The van der Waals surface area contributed by atoms with E-state index in [4.69, 9.17) is 9.47 Å². The molecule has 1 N–H and O–H groups in total. The molecule has 0 aromatic heterocycles. The largest absolute Gasteiger partial charge is 0.383 e.